The molecule has 1 aromatic carbocycles. The van der Waals surface area contributed by atoms with Crippen molar-refractivity contribution >= 4 is 17.5 Å². The first-order valence-electron chi connectivity index (χ1n) is 16.8. The zero-order valence-electron chi connectivity index (χ0n) is 26.3. The van der Waals surface area contributed by atoms with Crippen molar-refractivity contribution in [1.82, 2.24) is 30.7 Å². The van der Waals surface area contributed by atoms with Crippen LogP contribution in [0.25, 0.3) is 0 Å². The highest BCUT2D eigenvalue weighted by Gasteiger charge is 2.56. The highest BCUT2D eigenvalue weighted by molar-refractivity contribution is 5.95. The number of ether oxygens (including phenoxy) is 2. The third-order valence-corrected chi connectivity index (χ3v) is 10.9. The molecule has 11 nitrogen and oxygen atoms in total. The van der Waals surface area contributed by atoms with Crippen molar-refractivity contribution in [3.8, 4) is 5.75 Å². The van der Waals surface area contributed by atoms with E-state index < -0.39 is 0 Å². The first-order chi connectivity index (χ1) is 21.4. The van der Waals surface area contributed by atoms with Crippen molar-refractivity contribution in [2.45, 2.75) is 88.6 Å². The van der Waals surface area contributed by atoms with Gasteiger partial charge in [-0.15, -0.1) is 0 Å². The van der Waals surface area contributed by atoms with Crippen LogP contribution in [0, 0.1) is 5.41 Å². The van der Waals surface area contributed by atoms with E-state index in [4.69, 9.17) is 9.47 Å². The first kappa shape index (κ1) is 29.7. The van der Waals surface area contributed by atoms with Crippen LogP contribution in [-0.4, -0.2) is 104 Å². The predicted molar refractivity (Wildman–Crippen MR) is 168 cm³/mol. The molecule has 0 radical (unpaired) electrons. The first-order valence-corrected chi connectivity index (χ1v) is 16.8. The molecule has 0 aromatic heterocycles. The lowest BCUT2D eigenvalue weighted by Gasteiger charge is -2.40. The van der Waals surface area contributed by atoms with Gasteiger partial charge in [0, 0.05) is 56.9 Å². The third-order valence-electron chi connectivity index (χ3n) is 10.9. The number of hydrogen-bond acceptors (Lipinski definition) is 9. The van der Waals surface area contributed by atoms with Gasteiger partial charge in [0.1, 0.15) is 11.6 Å². The number of benzene rings is 1. The summed E-state index contributed by atoms with van der Waals surface area (Å²) in [5.41, 5.74) is 2.18. The van der Waals surface area contributed by atoms with E-state index in [2.05, 4.69) is 31.1 Å². The minimum atomic E-state index is -0.260. The fourth-order valence-electron chi connectivity index (χ4n) is 8.07. The smallest absolute Gasteiger partial charge is 0.251 e. The number of carbonyl (C=O) groups excluding carboxylic acids is 2. The number of carbonyl (C=O) groups is 2. The molecule has 1 unspecified atom stereocenters. The van der Waals surface area contributed by atoms with E-state index in [1.807, 2.05) is 30.1 Å². The molecule has 0 bridgehead atoms. The lowest BCUT2D eigenvalue weighted by molar-refractivity contribution is -0.133. The predicted octanol–water partition coefficient (Wildman–Crippen LogP) is 2.62. The van der Waals surface area contributed by atoms with Crippen LogP contribution in [0.3, 0.4) is 0 Å². The second-order valence-corrected chi connectivity index (χ2v) is 13.7. The average molecular weight is 608 g/mol. The van der Waals surface area contributed by atoms with E-state index in [1.165, 1.54) is 25.7 Å². The number of anilines is 1. The number of amides is 2. The van der Waals surface area contributed by atoms with Crippen molar-refractivity contribution in [1.29, 1.82) is 0 Å². The molecular formula is C33H49N7O4. The van der Waals surface area contributed by atoms with Gasteiger partial charge < -0.3 is 35.2 Å². The Bertz CT molecular complexity index is 1260. The normalized spacial score (nSPS) is 29.2. The van der Waals surface area contributed by atoms with E-state index in [9.17, 15) is 9.59 Å². The molecule has 240 valence electrons. The number of hydrogen-bond donors (Lipinski definition) is 4. The second-order valence-electron chi connectivity index (χ2n) is 13.7. The number of morpholine rings is 1. The molecule has 1 saturated heterocycles. The van der Waals surface area contributed by atoms with Crippen LogP contribution < -0.4 is 26.0 Å². The lowest BCUT2D eigenvalue weighted by Crippen LogP contribution is -2.57. The molecule has 1 atom stereocenters. The van der Waals surface area contributed by atoms with E-state index >= 15 is 0 Å². The number of methoxy groups -OCH3 is 1. The molecule has 3 saturated carbocycles. The van der Waals surface area contributed by atoms with Gasteiger partial charge in [0.25, 0.3) is 5.91 Å². The van der Waals surface area contributed by atoms with Crippen molar-refractivity contribution < 1.29 is 19.1 Å². The topological polar surface area (TPSA) is 110 Å². The molecule has 4 fully saturated rings. The fraction of sp³-hybridized carbons (Fsp3) is 0.697. The molecule has 3 aliphatic heterocycles. The Labute approximate surface area is 261 Å². The fourth-order valence-corrected chi connectivity index (χ4v) is 8.07. The Morgan fingerprint density at radius 1 is 1.05 bits per heavy atom. The molecule has 1 spiro atoms. The number of likely N-dealkylation sites (N-methyl/N-ethyl adjacent to an activating group) is 1. The Morgan fingerprint density at radius 2 is 1.80 bits per heavy atom. The van der Waals surface area contributed by atoms with Crippen LogP contribution in [0.1, 0.15) is 74.6 Å². The van der Waals surface area contributed by atoms with Crippen molar-refractivity contribution in [2.24, 2.45) is 5.41 Å². The van der Waals surface area contributed by atoms with Gasteiger partial charge in [-0.2, -0.15) is 0 Å². The maximum Gasteiger partial charge on any atom is 0.251 e. The van der Waals surface area contributed by atoms with E-state index in [1.54, 1.807) is 7.11 Å². The standard InChI is InChI=1S/C33H49N7O4/c1-38-27-20-34-32(37-29(27)40(25-5-3-4-6-25)21-33(13-14-33)31(38)42)36-26-12-7-22(19-28(26)43-2)30(41)35-23-8-10-24(11-9-23)39-15-17-44-18-16-39/h7,12,19,23-25,32,34,36-37H,3-6,8-11,13-18,20-21H2,1-2H3,(H,35,41)/t23-,24-,32?. The van der Waals surface area contributed by atoms with Crippen LogP contribution in [0.5, 0.6) is 5.75 Å². The van der Waals surface area contributed by atoms with Gasteiger partial charge in [-0.3, -0.25) is 19.8 Å². The maximum atomic E-state index is 13.4. The zero-order chi connectivity index (χ0) is 30.3. The average Bonchev–Trinajstić information content (AvgIpc) is 3.67. The SMILES string of the molecule is COc1cc(C(=O)N[C@H]2CC[C@H](N3CCOCC3)CC2)ccc1NC1NCC2=C(N1)N(C1CCCC1)CC1(CC1)C(=O)N2C. The molecule has 44 heavy (non-hydrogen) atoms. The summed E-state index contributed by atoms with van der Waals surface area (Å²) >= 11 is 0. The second kappa shape index (κ2) is 12.4. The van der Waals surface area contributed by atoms with Crippen molar-refractivity contribution in [3.63, 3.8) is 0 Å². The molecule has 4 N–H and O–H groups in total. The number of rotatable bonds is 7. The molecule has 3 aliphatic carbocycles. The van der Waals surface area contributed by atoms with E-state index in [0.717, 1.165) is 88.6 Å². The quantitative estimate of drug-likeness (QED) is 0.372. The van der Waals surface area contributed by atoms with Gasteiger partial charge in [0.15, 0.2) is 6.29 Å². The lowest BCUT2D eigenvalue weighted by atomic mass is 9.89. The highest BCUT2D eigenvalue weighted by atomic mass is 16.5. The van der Waals surface area contributed by atoms with Crippen LogP contribution >= 0.6 is 0 Å². The molecule has 6 aliphatic rings. The Hall–Kier alpha value is -3.02. The zero-order valence-corrected chi connectivity index (χ0v) is 26.3. The summed E-state index contributed by atoms with van der Waals surface area (Å²) in [6, 6.07) is 6.88. The van der Waals surface area contributed by atoms with E-state index in [-0.39, 0.29) is 29.6 Å². The minimum absolute atomic E-state index is 0.0549. The molecule has 2 amide bonds. The summed E-state index contributed by atoms with van der Waals surface area (Å²) in [6.45, 7) is 5.06. The summed E-state index contributed by atoms with van der Waals surface area (Å²) in [7, 11) is 3.57. The molecule has 7 rings (SSSR count). The Morgan fingerprint density at radius 3 is 2.50 bits per heavy atom. The van der Waals surface area contributed by atoms with Gasteiger partial charge in [0.05, 0.1) is 37.1 Å². The summed E-state index contributed by atoms with van der Waals surface area (Å²) in [6.07, 6.45) is 10.7. The maximum absolute atomic E-state index is 13.4. The Kier molecular flexibility index (Phi) is 8.37. The van der Waals surface area contributed by atoms with Gasteiger partial charge >= 0.3 is 0 Å². The molecular weight excluding hydrogens is 558 g/mol. The highest BCUT2D eigenvalue weighted by Crippen LogP contribution is 2.51. The van der Waals surface area contributed by atoms with Crippen LogP contribution in [0.2, 0.25) is 0 Å². The van der Waals surface area contributed by atoms with Gasteiger partial charge in [-0.05, 0) is 69.6 Å². The number of nitrogens with one attached hydrogen (secondary N) is 4. The van der Waals surface area contributed by atoms with Crippen molar-refractivity contribution in [2.75, 3.05) is 58.9 Å². The molecule has 11 heteroatoms. The largest absolute Gasteiger partial charge is 0.495 e. The Balaban J connectivity index is 0.999. The summed E-state index contributed by atoms with van der Waals surface area (Å²) in [5, 5.41) is 14.1. The molecule has 3 heterocycles. The third kappa shape index (κ3) is 5.86. The van der Waals surface area contributed by atoms with Gasteiger partial charge in [-0.25, -0.2) is 0 Å². The summed E-state index contributed by atoms with van der Waals surface area (Å²) in [5.74, 6) is 1.88. The molecule has 1 aromatic rings. The monoisotopic (exact) mass is 607 g/mol. The number of nitrogens with zero attached hydrogens (tertiary/aromatic N) is 3. The summed E-state index contributed by atoms with van der Waals surface area (Å²) in [4.78, 5) is 33.6. The van der Waals surface area contributed by atoms with Gasteiger partial charge in [0.2, 0.25) is 5.91 Å². The van der Waals surface area contributed by atoms with Crippen LogP contribution in [-0.2, 0) is 9.53 Å². The van der Waals surface area contributed by atoms with Crippen LogP contribution in [0.15, 0.2) is 29.7 Å². The minimum Gasteiger partial charge on any atom is -0.495 e. The summed E-state index contributed by atoms with van der Waals surface area (Å²) < 4.78 is 11.3. The van der Waals surface area contributed by atoms with Gasteiger partial charge in [-0.1, -0.05) is 12.8 Å². The van der Waals surface area contributed by atoms with E-state index in [0.29, 0.717) is 29.9 Å². The van der Waals surface area contributed by atoms with Crippen LogP contribution in [0.4, 0.5) is 5.69 Å². The van der Waals surface area contributed by atoms with Crippen molar-refractivity contribution in [3.05, 3.63) is 35.3 Å².